The van der Waals surface area contributed by atoms with Crippen molar-refractivity contribution in [2.24, 2.45) is 23.2 Å². The van der Waals surface area contributed by atoms with Crippen molar-refractivity contribution in [1.29, 1.82) is 0 Å². The van der Waals surface area contributed by atoms with E-state index in [-0.39, 0.29) is 11.3 Å². The van der Waals surface area contributed by atoms with Crippen LogP contribution in [0.2, 0.25) is 0 Å². The van der Waals surface area contributed by atoms with Gasteiger partial charge in [-0.3, -0.25) is 4.79 Å². The third kappa shape index (κ3) is 2.86. The van der Waals surface area contributed by atoms with E-state index >= 15 is 0 Å². The van der Waals surface area contributed by atoms with Crippen LogP contribution in [0.5, 0.6) is 0 Å². The number of carboxylic acid groups (broad SMARTS) is 1. The summed E-state index contributed by atoms with van der Waals surface area (Å²) >= 11 is 0. The van der Waals surface area contributed by atoms with Crippen LogP contribution >= 0.6 is 0 Å². The first-order chi connectivity index (χ1) is 14.0. The molecule has 5 rings (SSSR count). The topological polar surface area (TPSA) is 54.4 Å². The molecule has 29 heavy (non-hydrogen) atoms. The fourth-order valence-electron chi connectivity index (χ4n) is 6.95. The summed E-state index contributed by atoms with van der Waals surface area (Å²) in [5.74, 6) is 1.34. The second-order valence-corrected chi connectivity index (χ2v) is 9.54. The Bertz CT molecular complexity index is 963. The molecular weight excluding hydrogens is 360 g/mol. The molecule has 2 fully saturated rings. The Morgan fingerprint density at radius 3 is 2.52 bits per heavy atom. The SMILES string of the molecule is C[C@]12CC[C@@H]3c4ccc(C(=O)O)cc4CC[C@H]3[C@@H]1CC[C@H]2C(=O)c1ccccc1. The highest BCUT2D eigenvalue weighted by atomic mass is 16.4. The number of carbonyl (C=O) groups is 2. The maximum atomic E-state index is 13.3. The van der Waals surface area contributed by atoms with Crippen LogP contribution in [-0.4, -0.2) is 16.9 Å². The summed E-state index contributed by atoms with van der Waals surface area (Å²) in [6.07, 6.45) is 6.42. The summed E-state index contributed by atoms with van der Waals surface area (Å²) in [5, 5.41) is 9.32. The number of carbonyl (C=O) groups excluding carboxylic acids is 1. The third-order valence-corrected chi connectivity index (χ3v) is 8.35. The lowest BCUT2D eigenvalue weighted by atomic mass is 9.53. The lowest BCUT2D eigenvalue weighted by Crippen LogP contribution is -2.44. The normalized spacial score (nSPS) is 32.7. The highest BCUT2D eigenvalue weighted by Crippen LogP contribution is 2.63. The van der Waals surface area contributed by atoms with E-state index in [2.05, 4.69) is 13.0 Å². The van der Waals surface area contributed by atoms with Gasteiger partial charge in [0.15, 0.2) is 5.78 Å². The number of ketones is 1. The van der Waals surface area contributed by atoms with Gasteiger partial charge >= 0.3 is 5.97 Å². The third-order valence-electron chi connectivity index (χ3n) is 8.35. The number of benzene rings is 2. The van der Waals surface area contributed by atoms with Crippen LogP contribution in [0.25, 0.3) is 0 Å². The fraction of sp³-hybridized carbons (Fsp3) is 0.462. The molecule has 0 aliphatic heterocycles. The molecule has 0 spiro atoms. The molecule has 2 aromatic carbocycles. The Hall–Kier alpha value is -2.42. The Kier molecular flexibility index (Phi) is 4.38. The van der Waals surface area contributed by atoms with Crippen molar-refractivity contribution in [3.63, 3.8) is 0 Å². The molecule has 3 aliphatic rings. The van der Waals surface area contributed by atoms with E-state index in [0.717, 1.165) is 44.1 Å². The molecule has 2 aromatic rings. The Morgan fingerprint density at radius 2 is 1.76 bits per heavy atom. The number of rotatable bonds is 3. The van der Waals surface area contributed by atoms with Gasteiger partial charge in [0, 0.05) is 11.5 Å². The fourth-order valence-corrected chi connectivity index (χ4v) is 6.95. The van der Waals surface area contributed by atoms with Crippen molar-refractivity contribution in [1.82, 2.24) is 0 Å². The van der Waals surface area contributed by atoms with Crippen molar-refractivity contribution in [3.05, 3.63) is 70.8 Å². The van der Waals surface area contributed by atoms with Gasteiger partial charge in [-0.05, 0) is 85.0 Å². The van der Waals surface area contributed by atoms with Gasteiger partial charge in [0.2, 0.25) is 0 Å². The molecule has 0 unspecified atom stereocenters. The number of aromatic carboxylic acids is 1. The van der Waals surface area contributed by atoms with Crippen LogP contribution in [-0.2, 0) is 6.42 Å². The zero-order chi connectivity index (χ0) is 20.2. The number of carboxylic acids is 1. The van der Waals surface area contributed by atoms with Crippen LogP contribution in [0.3, 0.4) is 0 Å². The second kappa shape index (κ2) is 6.83. The van der Waals surface area contributed by atoms with Gasteiger partial charge < -0.3 is 5.11 Å². The van der Waals surface area contributed by atoms with E-state index in [4.69, 9.17) is 0 Å². The summed E-state index contributed by atoms with van der Waals surface area (Å²) in [5.41, 5.74) is 3.94. The summed E-state index contributed by atoms with van der Waals surface area (Å²) in [7, 11) is 0. The highest BCUT2D eigenvalue weighted by molar-refractivity contribution is 5.98. The maximum Gasteiger partial charge on any atom is 0.335 e. The van der Waals surface area contributed by atoms with Crippen LogP contribution in [0.1, 0.15) is 76.8 Å². The van der Waals surface area contributed by atoms with Crippen molar-refractivity contribution in [2.75, 3.05) is 0 Å². The first-order valence-corrected chi connectivity index (χ1v) is 10.9. The zero-order valence-corrected chi connectivity index (χ0v) is 16.9. The molecule has 0 bridgehead atoms. The lowest BCUT2D eigenvalue weighted by molar-refractivity contribution is 0.0276. The Morgan fingerprint density at radius 1 is 0.966 bits per heavy atom. The van der Waals surface area contributed by atoms with Gasteiger partial charge in [0.1, 0.15) is 0 Å². The lowest BCUT2D eigenvalue weighted by Gasteiger charge is -2.50. The molecule has 1 N–H and O–H groups in total. The first-order valence-electron chi connectivity index (χ1n) is 10.9. The minimum absolute atomic E-state index is 0.0899. The molecule has 5 atom stereocenters. The Balaban J connectivity index is 1.43. The minimum Gasteiger partial charge on any atom is -0.478 e. The minimum atomic E-state index is -0.843. The predicted octanol–water partition coefficient (Wildman–Crippen LogP) is 5.74. The van der Waals surface area contributed by atoms with Gasteiger partial charge in [0.25, 0.3) is 0 Å². The average molecular weight is 389 g/mol. The number of aryl methyl sites for hydroxylation is 1. The predicted molar refractivity (Wildman–Crippen MR) is 112 cm³/mol. The van der Waals surface area contributed by atoms with E-state index in [1.807, 2.05) is 36.4 Å². The molecule has 150 valence electrons. The van der Waals surface area contributed by atoms with E-state index in [1.165, 1.54) is 11.1 Å². The largest absolute Gasteiger partial charge is 0.478 e. The van der Waals surface area contributed by atoms with E-state index in [0.29, 0.717) is 29.1 Å². The zero-order valence-electron chi connectivity index (χ0n) is 16.9. The number of fused-ring (bicyclic) bond motifs is 5. The van der Waals surface area contributed by atoms with Crippen molar-refractivity contribution in [2.45, 2.75) is 51.4 Å². The van der Waals surface area contributed by atoms with Crippen molar-refractivity contribution in [3.8, 4) is 0 Å². The standard InChI is InChI=1S/C26H28O3/c1-26-14-13-20-19-9-8-18(25(28)29)15-17(19)7-10-21(20)22(26)11-12-23(26)24(27)16-5-3-2-4-6-16/h2-6,8-9,15,20-23H,7,10-14H2,1H3,(H,28,29)/t20-,21-,22+,23+,26+/m1/s1. The quantitative estimate of drug-likeness (QED) is 0.682. The van der Waals surface area contributed by atoms with E-state index < -0.39 is 5.97 Å². The second-order valence-electron chi connectivity index (χ2n) is 9.54. The van der Waals surface area contributed by atoms with Gasteiger partial charge in [0.05, 0.1) is 5.56 Å². The summed E-state index contributed by atoms with van der Waals surface area (Å²) in [6, 6.07) is 15.5. The highest BCUT2D eigenvalue weighted by Gasteiger charge is 2.56. The summed E-state index contributed by atoms with van der Waals surface area (Å²) < 4.78 is 0. The molecular formula is C26H28O3. The molecule has 0 heterocycles. The molecule has 3 nitrogen and oxygen atoms in total. The van der Waals surface area contributed by atoms with Gasteiger partial charge in [-0.25, -0.2) is 4.79 Å². The molecule has 0 saturated heterocycles. The van der Waals surface area contributed by atoms with Crippen LogP contribution in [0, 0.1) is 23.2 Å². The monoisotopic (exact) mass is 388 g/mol. The van der Waals surface area contributed by atoms with E-state index in [1.54, 1.807) is 6.07 Å². The van der Waals surface area contributed by atoms with Crippen LogP contribution in [0.4, 0.5) is 0 Å². The maximum absolute atomic E-state index is 13.3. The van der Waals surface area contributed by atoms with Crippen molar-refractivity contribution < 1.29 is 14.7 Å². The molecule has 0 amide bonds. The van der Waals surface area contributed by atoms with Crippen LogP contribution < -0.4 is 0 Å². The van der Waals surface area contributed by atoms with Gasteiger partial charge in [-0.15, -0.1) is 0 Å². The number of Topliss-reactive ketones (excluding diaryl/α,β-unsaturated/α-hetero) is 1. The van der Waals surface area contributed by atoms with Gasteiger partial charge in [-0.1, -0.05) is 43.3 Å². The molecule has 3 aliphatic carbocycles. The molecule has 2 saturated carbocycles. The van der Waals surface area contributed by atoms with Gasteiger partial charge in [-0.2, -0.15) is 0 Å². The van der Waals surface area contributed by atoms with Crippen molar-refractivity contribution >= 4 is 11.8 Å². The van der Waals surface area contributed by atoms with Crippen LogP contribution in [0.15, 0.2) is 48.5 Å². The average Bonchev–Trinajstić information content (AvgIpc) is 3.10. The summed E-state index contributed by atoms with van der Waals surface area (Å²) in [4.78, 5) is 24.7. The molecule has 3 heteroatoms. The summed E-state index contributed by atoms with van der Waals surface area (Å²) in [6.45, 7) is 2.37. The molecule has 0 radical (unpaired) electrons. The molecule has 0 aromatic heterocycles. The Labute approximate surface area is 172 Å². The first kappa shape index (κ1) is 18.6. The smallest absolute Gasteiger partial charge is 0.335 e. The number of hydrogen-bond acceptors (Lipinski definition) is 2. The van der Waals surface area contributed by atoms with E-state index in [9.17, 15) is 14.7 Å². The number of hydrogen-bond donors (Lipinski definition) is 1.